The molecule has 1 aromatic rings. The summed E-state index contributed by atoms with van der Waals surface area (Å²) in [5, 5.41) is 2.82. The third-order valence-corrected chi connectivity index (χ3v) is 4.33. The molecular formula is C17H21N3O3. The van der Waals surface area contributed by atoms with Gasteiger partial charge < -0.3 is 15.1 Å². The summed E-state index contributed by atoms with van der Waals surface area (Å²) in [5.41, 5.74) is 1.66. The molecule has 1 saturated heterocycles. The van der Waals surface area contributed by atoms with Crippen molar-refractivity contribution in [3.63, 3.8) is 0 Å². The Balaban J connectivity index is 1.39. The lowest BCUT2D eigenvalue weighted by Crippen LogP contribution is -2.38. The van der Waals surface area contributed by atoms with Crippen molar-refractivity contribution in [3.05, 3.63) is 35.4 Å². The standard InChI is InChI=1S/C17H21N3O3/c21-15(18-8-4-10-19-9-3-7-16(19)22)12-20-11-13-5-1-2-6-14(13)17(20)23/h1-2,5-6H,3-4,7-12H2,(H,18,21). The molecule has 6 nitrogen and oxygen atoms in total. The molecule has 23 heavy (non-hydrogen) atoms. The topological polar surface area (TPSA) is 69.7 Å². The summed E-state index contributed by atoms with van der Waals surface area (Å²) in [5.74, 6) is -0.0333. The Kier molecular flexibility index (Phi) is 4.60. The number of hydrogen-bond acceptors (Lipinski definition) is 3. The molecule has 2 aliphatic heterocycles. The second-order valence-electron chi connectivity index (χ2n) is 6.01. The van der Waals surface area contributed by atoms with E-state index < -0.39 is 0 Å². The Hall–Kier alpha value is -2.37. The second-order valence-corrected chi connectivity index (χ2v) is 6.01. The third kappa shape index (κ3) is 3.52. The lowest BCUT2D eigenvalue weighted by molar-refractivity contribution is -0.127. The van der Waals surface area contributed by atoms with Gasteiger partial charge in [-0.15, -0.1) is 0 Å². The number of likely N-dealkylation sites (tertiary alicyclic amines) is 1. The normalized spacial score (nSPS) is 16.9. The van der Waals surface area contributed by atoms with Gasteiger partial charge in [0.05, 0.1) is 0 Å². The fraction of sp³-hybridized carbons (Fsp3) is 0.471. The first-order chi connectivity index (χ1) is 11.1. The maximum Gasteiger partial charge on any atom is 0.254 e. The first kappa shape index (κ1) is 15.5. The van der Waals surface area contributed by atoms with Crippen LogP contribution in [0.25, 0.3) is 0 Å². The molecule has 0 unspecified atom stereocenters. The number of fused-ring (bicyclic) bond motifs is 1. The van der Waals surface area contributed by atoms with Crippen LogP contribution in [0.5, 0.6) is 0 Å². The van der Waals surface area contributed by atoms with E-state index in [-0.39, 0.29) is 24.3 Å². The van der Waals surface area contributed by atoms with Gasteiger partial charge in [-0.2, -0.15) is 0 Å². The molecule has 0 aromatic heterocycles. The van der Waals surface area contributed by atoms with Crippen LogP contribution in [0.2, 0.25) is 0 Å². The lowest BCUT2D eigenvalue weighted by Gasteiger charge is -2.17. The molecule has 2 heterocycles. The van der Waals surface area contributed by atoms with Crippen molar-refractivity contribution in [2.45, 2.75) is 25.8 Å². The zero-order valence-corrected chi connectivity index (χ0v) is 13.1. The second kappa shape index (κ2) is 6.81. The number of nitrogens with zero attached hydrogens (tertiary/aromatic N) is 2. The maximum atomic E-state index is 12.2. The number of carbonyl (C=O) groups excluding carboxylic acids is 3. The van der Waals surface area contributed by atoms with Crippen LogP contribution < -0.4 is 5.32 Å². The molecule has 0 radical (unpaired) electrons. The van der Waals surface area contributed by atoms with Gasteiger partial charge >= 0.3 is 0 Å². The van der Waals surface area contributed by atoms with E-state index in [4.69, 9.17) is 0 Å². The van der Waals surface area contributed by atoms with E-state index in [1.807, 2.05) is 23.1 Å². The highest BCUT2D eigenvalue weighted by Crippen LogP contribution is 2.21. The predicted molar refractivity (Wildman–Crippen MR) is 84.6 cm³/mol. The Bertz CT molecular complexity index is 629. The number of nitrogens with one attached hydrogen (secondary N) is 1. The maximum absolute atomic E-state index is 12.2. The van der Waals surface area contributed by atoms with Crippen LogP contribution in [0.3, 0.4) is 0 Å². The molecule has 0 saturated carbocycles. The van der Waals surface area contributed by atoms with Crippen LogP contribution >= 0.6 is 0 Å². The zero-order chi connectivity index (χ0) is 16.2. The minimum atomic E-state index is -0.154. The molecule has 1 aromatic carbocycles. The fourth-order valence-electron chi connectivity index (χ4n) is 3.11. The van der Waals surface area contributed by atoms with Crippen LogP contribution in [0.1, 0.15) is 35.2 Å². The summed E-state index contributed by atoms with van der Waals surface area (Å²) in [6, 6.07) is 7.44. The number of carbonyl (C=O) groups is 3. The van der Waals surface area contributed by atoms with E-state index in [2.05, 4.69) is 5.32 Å². The number of benzene rings is 1. The van der Waals surface area contributed by atoms with Crippen LogP contribution in [0, 0.1) is 0 Å². The molecule has 3 rings (SSSR count). The average molecular weight is 315 g/mol. The molecule has 122 valence electrons. The van der Waals surface area contributed by atoms with E-state index in [1.165, 1.54) is 0 Å². The Labute approximate surface area is 135 Å². The number of amides is 3. The van der Waals surface area contributed by atoms with Gasteiger partial charge in [-0.3, -0.25) is 14.4 Å². The van der Waals surface area contributed by atoms with Crippen molar-refractivity contribution < 1.29 is 14.4 Å². The van der Waals surface area contributed by atoms with Gasteiger partial charge in [0, 0.05) is 38.2 Å². The average Bonchev–Trinajstić information content (AvgIpc) is 3.09. The highest BCUT2D eigenvalue weighted by atomic mass is 16.2. The van der Waals surface area contributed by atoms with Gasteiger partial charge in [-0.05, 0) is 24.5 Å². The quantitative estimate of drug-likeness (QED) is 0.788. The van der Waals surface area contributed by atoms with Crippen molar-refractivity contribution in [3.8, 4) is 0 Å². The van der Waals surface area contributed by atoms with Gasteiger partial charge in [-0.25, -0.2) is 0 Å². The molecule has 6 heteroatoms. The van der Waals surface area contributed by atoms with E-state index in [9.17, 15) is 14.4 Å². The van der Waals surface area contributed by atoms with Gasteiger partial charge in [-0.1, -0.05) is 18.2 Å². The summed E-state index contributed by atoms with van der Waals surface area (Å²) < 4.78 is 0. The molecule has 0 atom stereocenters. The summed E-state index contributed by atoms with van der Waals surface area (Å²) in [6.07, 6.45) is 2.32. The Morgan fingerprint density at radius 1 is 1.17 bits per heavy atom. The summed E-state index contributed by atoms with van der Waals surface area (Å²) in [6.45, 7) is 2.61. The highest BCUT2D eigenvalue weighted by molar-refractivity contribution is 6.00. The smallest absolute Gasteiger partial charge is 0.254 e. The molecule has 2 aliphatic rings. The lowest BCUT2D eigenvalue weighted by atomic mass is 10.1. The molecule has 0 spiro atoms. The van der Waals surface area contributed by atoms with E-state index >= 15 is 0 Å². The monoisotopic (exact) mass is 315 g/mol. The molecular weight excluding hydrogens is 294 g/mol. The zero-order valence-electron chi connectivity index (χ0n) is 13.1. The first-order valence-electron chi connectivity index (χ1n) is 8.07. The van der Waals surface area contributed by atoms with Gasteiger partial charge in [0.2, 0.25) is 11.8 Å². The summed E-state index contributed by atoms with van der Waals surface area (Å²) >= 11 is 0. The molecule has 0 aliphatic carbocycles. The largest absolute Gasteiger partial charge is 0.354 e. The van der Waals surface area contributed by atoms with Crippen LogP contribution in [-0.2, 0) is 16.1 Å². The number of hydrogen-bond donors (Lipinski definition) is 1. The van der Waals surface area contributed by atoms with Crippen molar-refractivity contribution in [1.82, 2.24) is 15.1 Å². The van der Waals surface area contributed by atoms with Crippen molar-refractivity contribution in [2.75, 3.05) is 26.2 Å². The van der Waals surface area contributed by atoms with Crippen molar-refractivity contribution in [2.24, 2.45) is 0 Å². The van der Waals surface area contributed by atoms with E-state index in [0.717, 1.165) is 24.9 Å². The minimum absolute atomic E-state index is 0.0795. The third-order valence-electron chi connectivity index (χ3n) is 4.33. The molecule has 0 bridgehead atoms. The highest BCUT2D eigenvalue weighted by Gasteiger charge is 2.28. The number of rotatable bonds is 6. The van der Waals surface area contributed by atoms with Crippen molar-refractivity contribution >= 4 is 17.7 Å². The molecule has 3 amide bonds. The van der Waals surface area contributed by atoms with E-state index in [1.54, 1.807) is 11.0 Å². The van der Waals surface area contributed by atoms with Crippen LogP contribution in [0.4, 0.5) is 0 Å². The Morgan fingerprint density at radius 3 is 2.74 bits per heavy atom. The Morgan fingerprint density at radius 2 is 2.00 bits per heavy atom. The first-order valence-corrected chi connectivity index (χ1v) is 8.07. The molecule has 1 fully saturated rings. The van der Waals surface area contributed by atoms with Crippen LogP contribution in [0.15, 0.2) is 24.3 Å². The SMILES string of the molecule is O=C(CN1Cc2ccccc2C1=O)NCCCN1CCCC1=O. The summed E-state index contributed by atoms with van der Waals surface area (Å²) in [4.78, 5) is 39.0. The minimum Gasteiger partial charge on any atom is -0.354 e. The molecule has 1 N–H and O–H groups in total. The van der Waals surface area contributed by atoms with Gasteiger partial charge in [0.1, 0.15) is 6.54 Å². The predicted octanol–water partition coefficient (Wildman–Crippen LogP) is 0.771. The van der Waals surface area contributed by atoms with Gasteiger partial charge in [0.25, 0.3) is 5.91 Å². The van der Waals surface area contributed by atoms with E-state index in [0.29, 0.717) is 31.6 Å². The fourth-order valence-corrected chi connectivity index (χ4v) is 3.11. The summed E-state index contributed by atoms with van der Waals surface area (Å²) in [7, 11) is 0. The van der Waals surface area contributed by atoms with Crippen LogP contribution in [-0.4, -0.2) is 53.7 Å². The van der Waals surface area contributed by atoms with Crippen molar-refractivity contribution in [1.29, 1.82) is 0 Å². The van der Waals surface area contributed by atoms with Gasteiger partial charge in [0.15, 0.2) is 0 Å².